The first kappa shape index (κ1) is 14.9. The van der Waals surface area contributed by atoms with E-state index in [0.29, 0.717) is 12.1 Å². The highest BCUT2D eigenvalue weighted by Crippen LogP contribution is 2.20. The van der Waals surface area contributed by atoms with Gasteiger partial charge in [-0.25, -0.2) is 12.8 Å². The molecule has 4 nitrogen and oxygen atoms in total. The van der Waals surface area contributed by atoms with Crippen LogP contribution in [0.5, 0.6) is 0 Å². The molecule has 0 aliphatic rings. The van der Waals surface area contributed by atoms with Crippen molar-refractivity contribution in [2.75, 3.05) is 10.5 Å². The molecule has 0 aliphatic heterocycles. The van der Waals surface area contributed by atoms with Crippen LogP contribution in [0.15, 0.2) is 47.1 Å². The summed E-state index contributed by atoms with van der Waals surface area (Å²) in [7, 11) is -3.53. The zero-order chi connectivity index (χ0) is 14.6. The Hall–Kier alpha value is -1.47. The van der Waals surface area contributed by atoms with Gasteiger partial charge in [0.2, 0.25) is 10.0 Å². The fourth-order valence-electron chi connectivity index (χ4n) is 1.58. The maximum Gasteiger partial charge on any atom is 0.233 e. The summed E-state index contributed by atoms with van der Waals surface area (Å²) in [6.45, 7) is 0. The van der Waals surface area contributed by atoms with Gasteiger partial charge >= 0.3 is 0 Å². The number of nitrogens with one attached hydrogen (secondary N) is 1. The predicted octanol–water partition coefficient (Wildman–Crippen LogP) is 2.97. The largest absolute Gasteiger partial charge is 0.283 e. The molecule has 0 bridgehead atoms. The Kier molecular flexibility index (Phi) is 4.72. The fraction of sp³-hybridized carbons (Fsp3) is 0.154. The van der Waals surface area contributed by atoms with Gasteiger partial charge < -0.3 is 0 Å². The molecule has 1 N–H and O–H groups in total. The van der Waals surface area contributed by atoms with Crippen LogP contribution in [0, 0.1) is 5.82 Å². The lowest BCUT2D eigenvalue weighted by Gasteiger charge is -2.08. The number of hydrogen-bond donors (Lipinski definition) is 1. The molecule has 20 heavy (non-hydrogen) atoms. The number of aryl methyl sites for hydroxylation is 1. The SMILES string of the molecule is O=S(=O)(CCc1ccccn1)Nc1ccc(Br)c(F)c1. The van der Waals surface area contributed by atoms with Crippen molar-refractivity contribution in [3.8, 4) is 0 Å². The van der Waals surface area contributed by atoms with Gasteiger partial charge in [0.15, 0.2) is 0 Å². The summed E-state index contributed by atoms with van der Waals surface area (Å²) >= 11 is 3.01. The lowest BCUT2D eigenvalue weighted by molar-refractivity contribution is 0.600. The van der Waals surface area contributed by atoms with E-state index in [1.54, 1.807) is 24.4 Å². The van der Waals surface area contributed by atoms with Crippen molar-refractivity contribution < 1.29 is 12.8 Å². The number of benzene rings is 1. The first-order chi connectivity index (χ1) is 9.46. The van der Waals surface area contributed by atoms with Crippen molar-refractivity contribution in [1.82, 2.24) is 4.98 Å². The number of sulfonamides is 1. The van der Waals surface area contributed by atoms with Gasteiger partial charge in [0, 0.05) is 18.3 Å². The number of pyridine rings is 1. The molecule has 1 aromatic carbocycles. The highest BCUT2D eigenvalue weighted by molar-refractivity contribution is 9.10. The normalized spacial score (nSPS) is 11.3. The molecule has 2 rings (SSSR count). The van der Waals surface area contributed by atoms with E-state index in [4.69, 9.17) is 0 Å². The first-order valence-electron chi connectivity index (χ1n) is 5.82. The molecule has 0 saturated heterocycles. The van der Waals surface area contributed by atoms with Gasteiger partial charge in [0.25, 0.3) is 0 Å². The summed E-state index contributed by atoms with van der Waals surface area (Å²) in [4.78, 5) is 4.06. The minimum Gasteiger partial charge on any atom is -0.283 e. The maximum absolute atomic E-state index is 13.3. The van der Waals surface area contributed by atoms with Crippen molar-refractivity contribution in [3.05, 3.63) is 58.6 Å². The van der Waals surface area contributed by atoms with E-state index in [1.807, 2.05) is 0 Å². The molecule has 106 valence electrons. The van der Waals surface area contributed by atoms with Gasteiger partial charge in [0.1, 0.15) is 5.82 Å². The molecule has 1 heterocycles. The minimum absolute atomic E-state index is 0.109. The van der Waals surface area contributed by atoms with Gasteiger partial charge in [-0.15, -0.1) is 0 Å². The van der Waals surface area contributed by atoms with Crippen LogP contribution < -0.4 is 4.72 Å². The van der Waals surface area contributed by atoms with Crippen LogP contribution in [-0.4, -0.2) is 19.2 Å². The molecule has 1 aromatic heterocycles. The van der Waals surface area contributed by atoms with Crippen molar-refractivity contribution in [2.24, 2.45) is 0 Å². The Bertz CT molecular complexity index is 693. The number of rotatable bonds is 5. The fourth-order valence-corrected chi connectivity index (χ4v) is 2.89. The van der Waals surface area contributed by atoms with E-state index >= 15 is 0 Å². The predicted molar refractivity (Wildman–Crippen MR) is 79.5 cm³/mol. The maximum atomic E-state index is 13.3. The van der Waals surface area contributed by atoms with E-state index in [1.165, 1.54) is 12.1 Å². The van der Waals surface area contributed by atoms with Crippen LogP contribution in [-0.2, 0) is 16.4 Å². The van der Waals surface area contributed by atoms with Gasteiger partial charge in [-0.3, -0.25) is 9.71 Å². The van der Waals surface area contributed by atoms with E-state index in [9.17, 15) is 12.8 Å². The van der Waals surface area contributed by atoms with E-state index in [-0.39, 0.29) is 15.9 Å². The van der Waals surface area contributed by atoms with Gasteiger partial charge in [-0.1, -0.05) is 6.07 Å². The second-order valence-electron chi connectivity index (χ2n) is 4.12. The molecule has 0 unspecified atom stereocenters. The number of nitrogens with zero attached hydrogens (tertiary/aromatic N) is 1. The Morgan fingerprint density at radius 3 is 2.70 bits per heavy atom. The average Bonchev–Trinajstić information content (AvgIpc) is 2.42. The number of anilines is 1. The molecule has 2 aromatic rings. The van der Waals surface area contributed by atoms with Gasteiger partial charge in [-0.2, -0.15) is 0 Å². The van der Waals surface area contributed by atoms with Crippen molar-refractivity contribution in [2.45, 2.75) is 6.42 Å². The van der Waals surface area contributed by atoms with Crippen LogP contribution in [0.25, 0.3) is 0 Å². The second kappa shape index (κ2) is 6.32. The highest BCUT2D eigenvalue weighted by atomic mass is 79.9. The number of halogens is 2. The van der Waals surface area contributed by atoms with Gasteiger partial charge in [0.05, 0.1) is 15.9 Å². The van der Waals surface area contributed by atoms with Crippen LogP contribution in [0.3, 0.4) is 0 Å². The van der Waals surface area contributed by atoms with E-state index < -0.39 is 15.8 Å². The van der Waals surface area contributed by atoms with Gasteiger partial charge in [-0.05, 0) is 46.3 Å². The van der Waals surface area contributed by atoms with Crippen molar-refractivity contribution in [1.29, 1.82) is 0 Å². The summed E-state index contributed by atoms with van der Waals surface area (Å²) < 4.78 is 39.7. The zero-order valence-electron chi connectivity index (χ0n) is 10.4. The second-order valence-corrected chi connectivity index (χ2v) is 6.82. The van der Waals surface area contributed by atoms with Crippen LogP contribution in [0.4, 0.5) is 10.1 Å². The zero-order valence-corrected chi connectivity index (χ0v) is 12.8. The Balaban J connectivity index is 2.02. The molecule has 0 radical (unpaired) electrons. The molecule has 7 heteroatoms. The minimum atomic E-state index is -3.53. The topological polar surface area (TPSA) is 59.1 Å². The first-order valence-corrected chi connectivity index (χ1v) is 8.26. The molecular weight excluding hydrogens is 347 g/mol. The molecule has 0 aliphatic carbocycles. The molecule has 0 saturated carbocycles. The third kappa shape index (κ3) is 4.28. The summed E-state index contributed by atoms with van der Waals surface area (Å²) in [5.74, 6) is -0.628. The third-order valence-electron chi connectivity index (χ3n) is 2.55. The Morgan fingerprint density at radius 2 is 2.05 bits per heavy atom. The molecular formula is C13H12BrFN2O2S. The quantitative estimate of drug-likeness (QED) is 0.893. The summed E-state index contributed by atoms with van der Waals surface area (Å²) in [6.07, 6.45) is 1.91. The van der Waals surface area contributed by atoms with Crippen molar-refractivity contribution in [3.63, 3.8) is 0 Å². The Labute approximate surface area is 125 Å². The standard InChI is InChI=1S/C13H12BrFN2O2S/c14-12-5-4-11(9-13(12)15)17-20(18,19)8-6-10-3-1-2-7-16-10/h1-5,7,9,17H,6,8H2. The summed E-state index contributed by atoms with van der Waals surface area (Å²) in [5, 5.41) is 0. The number of hydrogen-bond acceptors (Lipinski definition) is 3. The highest BCUT2D eigenvalue weighted by Gasteiger charge is 2.12. The molecule has 0 spiro atoms. The van der Waals surface area contributed by atoms with E-state index in [0.717, 1.165) is 6.07 Å². The lowest BCUT2D eigenvalue weighted by atomic mass is 10.3. The molecule has 0 atom stereocenters. The average molecular weight is 359 g/mol. The third-order valence-corrected chi connectivity index (χ3v) is 4.48. The lowest BCUT2D eigenvalue weighted by Crippen LogP contribution is -2.18. The molecule has 0 amide bonds. The summed E-state index contributed by atoms with van der Waals surface area (Å²) in [6, 6.07) is 9.39. The molecule has 0 fully saturated rings. The van der Waals surface area contributed by atoms with Crippen LogP contribution >= 0.6 is 15.9 Å². The smallest absolute Gasteiger partial charge is 0.233 e. The summed E-state index contributed by atoms with van der Waals surface area (Å²) in [5.41, 5.74) is 0.895. The van der Waals surface area contributed by atoms with E-state index in [2.05, 4.69) is 25.6 Å². The monoisotopic (exact) mass is 358 g/mol. The number of aromatic nitrogens is 1. The van der Waals surface area contributed by atoms with Crippen LogP contribution in [0.2, 0.25) is 0 Å². The Morgan fingerprint density at radius 1 is 1.25 bits per heavy atom. The van der Waals surface area contributed by atoms with Crippen LogP contribution in [0.1, 0.15) is 5.69 Å². The van der Waals surface area contributed by atoms with Crippen molar-refractivity contribution >= 4 is 31.6 Å².